The van der Waals surface area contributed by atoms with Crippen LogP contribution in [0.5, 0.6) is 0 Å². The Morgan fingerprint density at radius 2 is 1.71 bits per heavy atom. The summed E-state index contributed by atoms with van der Waals surface area (Å²) >= 11 is 0. The smallest absolute Gasteiger partial charge is 0.407 e. The number of alkyl carbamates (subject to hydrolysis) is 1. The van der Waals surface area contributed by atoms with E-state index in [1.165, 1.54) is 12.8 Å². The van der Waals surface area contributed by atoms with Crippen molar-refractivity contribution in [3.05, 3.63) is 36.2 Å². The summed E-state index contributed by atoms with van der Waals surface area (Å²) in [5.74, 6) is 1.28. The zero-order valence-corrected chi connectivity index (χ0v) is 25.1. The number of hydrogen-bond donors (Lipinski definition) is 3. The van der Waals surface area contributed by atoms with Crippen LogP contribution in [0, 0.1) is 5.92 Å². The van der Waals surface area contributed by atoms with E-state index in [9.17, 15) is 9.59 Å². The molecule has 2 aliphatic rings. The summed E-state index contributed by atoms with van der Waals surface area (Å²) < 4.78 is 12.7. The maximum absolute atomic E-state index is 12.2. The Morgan fingerprint density at radius 3 is 2.38 bits per heavy atom. The van der Waals surface area contributed by atoms with E-state index in [0.717, 1.165) is 61.9 Å². The predicted octanol–water partition coefficient (Wildman–Crippen LogP) is 6.36. The Kier molecular flexibility index (Phi) is 9.13. The van der Waals surface area contributed by atoms with Gasteiger partial charge in [0.15, 0.2) is 17.0 Å². The monoisotopic (exact) mass is 577 g/mol. The fraction of sp³-hybridized carbons (Fsp3) is 0.581. The second-order valence-electron chi connectivity index (χ2n) is 12.3. The van der Waals surface area contributed by atoms with Crippen LogP contribution in [0.15, 0.2) is 30.6 Å². The fourth-order valence-corrected chi connectivity index (χ4v) is 5.79. The van der Waals surface area contributed by atoms with Crippen molar-refractivity contribution < 1.29 is 19.1 Å². The first-order valence-corrected chi connectivity index (χ1v) is 15.2. The van der Waals surface area contributed by atoms with Crippen LogP contribution in [0.4, 0.5) is 22.2 Å². The van der Waals surface area contributed by atoms with Crippen LogP contribution in [0.3, 0.4) is 0 Å². The van der Waals surface area contributed by atoms with E-state index in [2.05, 4.69) is 20.5 Å². The number of nitrogens with zero attached hydrogens (tertiary/aromatic N) is 4. The van der Waals surface area contributed by atoms with Crippen molar-refractivity contribution in [2.45, 2.75) is 96.7 Å². The van der Waals surface area contributed by atoms with Gasteiger partial charge in [0.1, 0.15) is 5.60 Å². The minimum absolute atomic E-state index is 0.135. The second kappa shape index (κ2) is 13.0. The SMILES string of the molecule is CCOC(=O)c1ccc(Nc2nc(NCC3CCC(NC(=O)OC(C)(C)C)CC3)nc3c2ncn3C2CCCC2)cc1. The van der Waals surface area contributed by atoms with Crippen LogP contribution in [-0.2, 0) is 9.47 Å². The summed E-state index contributed by atoms with van der Waals surface area (Å²) in [6.07, 6.45) is 10.0. The van der Waals surface area contributed by atoms with Gasteiger partial charge in [-0.05, 0) is 96.4 Å². The molecular formula is C31H43N7O4. The van der Waals surface area contributed by atoms with Crippen molar-refractivity contribution in [1.82, 2.24) is 24.8 Å². The summed E-state index contributed by atoms with van der Waals surface area (Å²) in [5, 5.41) is 9.90. The maximum Gasteiger partial charge on any atom is 0.407 e. The number of nitrogens with one attached hydrogen (secondary N) is 3. The van der Waals surface area contributed by atoms with E-state index in [-0.39, 0.29) is 18.1 Å². The normalized spacial score (nSPS) is 19.4. The third-order valence-corrected chi connectivity index (χ3v) is 7.91. The predicted molar refractivity (Wildman–Crippen MR) is 162 cm³/mol. The van der Waals surface area contributed by atoms with Gasteiger partial charge in [-0.15, -0.1) is 0 Å². The molecule has 1 amide bonds. The highest BCUT2D eigenvalue weighted by Crippen LogP contribution is 2.34. The molecule has 2 heterocycles. The van der Waals surface area contributed by atoms with Crippen LogP contribution in [0.25, 0.3) is 11.2 Å². The summed E-state index contributed by atoms with van der Waals surface area (Å²) in [7, 11) is 0. The van der Waals surface area contributed by atoms with Crippen molar-refractivity contribution in [2.75, 3.05) is 23.8 Å². The Bertz CT molecular complexity index is 1370. The molecule has 3 N–H and O–H groups in total. The molecule has 0 radical (unpaired) electrons. The van der Waals surface area contributed by atoms with Crippen molar-refractivity contribution in [2.24, 2.45) is 5.92 Å². The number of fused-ring (bicyclic) bond motifs is 1. The van der Waals surface area contributed by atoms with E-state index in [1.54, 1.807) is 19.1 Å². The number of benzene rings is 1. The molecule has 2 fully saturated rings. The van der Waals surface area contributed by atoms with Gasteiger partial charge in [0, 0.05) is 24.3 Å². The van der Waals surface area contributed by atoms with E-state index < -0.39 is 5.60 Å². The van der Waals surface area contributed by atoms with Crippen LogP contribution in [-0.4, -0.2) is 56.4 Å². The number of ether oxygens (including phenoxy) is 2. The lowest BCUT2D eigenvalue weighted by molar-refractivity contribution is 0.0485. The van der Waals surface area contributed by atoms with Gasteiger partial charge in [0.2, 0.25) is 5.95 Å². The van der Waals surface area contributed by atoms with Gasteiger partial charge in [-0.25, -0.2) is 14.6 Å². The molecular weight excluding hydrogens is 534 g/mol. The summed E-state index contributed by atoms with van der Waals surface area (Å²) in [4.78, 5) is 38.7. The molecule has 2 aliphatic carbocycles. The molecule has 0 bridgehead atoms. The number of carbonyl (C=O) groups excluding carboxylic acids is 2. The quantitative estimate of drug-likeness (QED) is 0.249. The molecule has 0 aliphatic heterocycles. The molecule has 0 atom stereocenters. The standard InChI is InChI=1S/C31H43N7O4/c1-5-41-28(39)21-12-16-22(17-13-21)34-26-25-27(38(19-33-25)24-8-6-7-9-24)37-29(36-26)32-18-20-10-14-23(15-11-20)35-30(40)42-31(2,3)4/h12-13,16-17,19-20,23-24H,5-11,14-15,18H2,1-4H3,(H,35,40)(H2,32,34,36,37). The largest absolute Gasteiger partial charge is 0.462 e. The van der Waals surface area contributed by atoms with Crippen LogP contribution >= 0.6 is 0 Å². The minimum atomic E-state index is -0.501. The third kappa shape index (κ3) is 7.49. The second-order valence-corrected chi connectivity index (χ2v) is 12.3. The number of esters is 1. The van der Waals surface area contributed by atoms with Gasteiger partial charge in [-0.1, -0.05) is 12.8 Å². The average Bonchev–Trinajstić information content (AvgIpc) is 3.62. The molecule has 1 aromatic carbocycles. The van der Waals surface area contributed by atoms with Crippen LogP contribution in [0.1, 0.15) is 95.5 Å². The van der Waals surface area contributed by atoms with Crippen molar-refractivity contribution in [3.63, 3.8) is 0 Å². The zero-order chi connectivity index (χ0) is 29.7. The molecule has 226 valence electrons. The number of anilines is 3. The Labute approximate surface area is 247 Å². The highest BCUT2D eigenvalue weighted by atomic mass is 16.6. The number of aromatic nitrogens is 4. The van der Waals surface area contributed by atoms with E-state index in [0.29, 0.717) is 35.9 Å². The molecule has 2 saturated carbocycles. The minimum Gasteiger partial charge on any atom is -0.462 e. The number of hydrogen-bond acceptors (Lipinski definition) is 9. The lowest BCUT2D eigenvalue weighted by Gasteiger charge is -2.30. The van der Waals surface area contributed by atoms with Crippen LogP contribution in [0.2, 0.25) is 0 Å². The molecule has 0 unspecified atom stereocenters. The van der Waals surface area contributed by atoms with Gasteiger partial charge in [-0.2, -0.15) is 9.97 Å². The third-order valence-electron chi connectivity index (χ3n) is 7.91. The lowest BCUT2D eigenvalue weighted by atomic mass is 9.86. The number of imidazole rings is 1. The molecule has 2 aromatic heterocycles. The number of amides is 1. The van der Waals surface area contributed by atoms with Gasteiger partial charge in [-0.3, -0.25) is 0 Å². The van der Waals surface area contributed by atoms with Crippen LogP contribution < -0.4 is 16.0 Å². The van der Waals surface area contributed by atoms with Gasteiger partial charge in [0.05, 0.1) is 18.5 Å². The molecule has 11 nitrogen and oxygen atoms in total. The van der Waals surface area contributed by atoms with Crippen molar-refractivity contribution in [1.29, 1.82) is 0 Å². The Morgan fingerprint density at radius 1 is 1.00 bits per heavy atom. The average molecular weight is 578 g/mol. The maximum atomic E-state index is 12.2. The molecule has 11 heteroatoms. The summed E-state index contributed by atoms with van der Waals surface area (Å²) in [5.41, 5.74) is 2.32. The zero-order valence-electron chi connectivity index (χ0n) is 25.1. The van der Waals surface area contributed by atoms with Crippen molar-refractivity contribution >= 4 is 40.7 Å². The first-order chi connectivity index (χ1) is 20.2. The Hall–Kier alpha value is -3.89. The van der Waals surface area contributed by atoms with Gasteiger partial charge >= 0.3 is 12.1 Å². The first-order valence-electron chi connectivity index (χ1n) is 15.2. The van der Waals surface area contributed by atoms with E-state index in [1.807, 2.05) is 39.2 Å². The first kappa shape index (κ1) is 29.6. The van der Waals surface area contributed by atoms with Gasteiger partial charge in [0.25, 0.3) is 0 Å². The highest BCUT2D eigenvalue weighted by Gasteiger charge is 2.26. The molecule has 0 spiro atoms. The number of rotatable bonds is 9. The summed E-state index contributed by atoms with van der Waals surface area (Å²) in [6.45, 7) is 8.49. The molecule has 0 saturated heterocycles. The molecule has 42 heavy (non-hydrogen) atoms. The fourth-order valence-electron chi connectivity index (χ4n) is 5.79. The van der Waals surface area contributed by atoms with Crippen molar-refractivity contribution in [3.8, 4) is 0 Å². The summed E-state index contributed by atoms with van der Waals surface area (Å²) in [6, 6.07) is 7.68. The number of carbonyl (C=O) groups is 2. The molecule has 3 aromatic rings. The molecule has 5 rings (SSSR count). The highest BCUT2D eigenvalue weighted by molar-refractivity contribution is 5.90. The van der Waals surface area contributed by atoms with E-state index >= 15 is 0 Å². The van der Waals surface area contributed by atoms with E-state index in [4.69, 9.17) is 24.4 Å². The Balaban J connectivity index is 1.27. The lowest BCUT2D eigenvalue weighted by Crippen LogP contribution is -2.41. The topological polar surface area (TPSA) is 132 Å². The van der Waals surface area contributed by atoms with Gasteiger partial charge < -0.3 is 30.0 Å².